The van der Waals surface area contributed by atoms with Gasteiger partial charge in [-0.3, -0.25) is 4.79 Å². The average molecular weight is 543 g/mol. The summed E-state index contributed by atoms with van der Waals surface area (Å²) in [4.78, 5) is 13.7. The predicted molar refractivity (Wildman–Crippen MR) is 168 cm³/mol. The number of carbonyl (C=O) groups is 1. The first-order valence-electron chi connectivity index (χ1n) is 14.3. The lowest BCUT2D eigenvalue weighted by Crippen LogP contribution is -2.29. The van der Waals surface area contributed by atoms with Gasteiger partial charge in [-0.05, 0) is 82.8 Å². The quantitative estimate of drug-likeness (QED) is 0.208. The van der Waals surface area contributed by atoms with Crippen molar-refractivity contribution in [3.05, 3.63) is 143 Å². The number of carbonyl (C=O) groups excluding carboxylic acids is 1. The van der Waals surface area contributed by atoms with E-state index in [4.69, 9.17) is 9.47 Å². The highest BCUT2D eigenvalue weighted by Gasteiger charge is 2.34. The van der Waals surface area contributed by atoms with Gasteiger partial charge in [-0.2, -0.15) is 0 Å². The highest BCUT2D eigenvalue weighted by atomic mass is 16.5. The van der Waals surface area contributed by atoms with Crippen molar-refractivity contribution >= 4 is 17.9 Å². The first kappa shape index (κ1) is 28.2. The van der Waals surface area contributed by atoms with Gasteiger partial charge in [0, 0.05) is 11.1 Å². The van der Waals surface area contributed by atoms with Gasteiger partial charge in [0.25, 0.3) is 0 Å². The average Bonchev–Trinajstić information content (AvgIpc) is 2.99. The minimum atomic E-state index is 0.0865. The van der Waals surface area contributed by atoms with Crippen molar-refractivity contribution in [3.63, 3.8) is 0 Å². The minimum absolute atomic E-state index is 0.0865. The summed E-state index contributed by atoms with van der Waals surface area (Å²) in [5.74, 6) is 2.14. The lowest BCUT2D eigenvalue weighted by Gasteiger charge is -2.35. The van der Waals surface area contributed by atoms with Crippen LogP contribution in [0.2, 0.25) is 0 Å². The van der Waals surface area contributed by atoms with E-state index in [1.807, 2.05) is 84.9 Å². The van der Waals surface area contributed by atoms with Crippen LogP contribution in [-0.4, -0.2) is 5.78 Å². The molecule has 3 nitrogen and oxygen atoms in total. The van der Waals surface area contributed by atoms with Crippen molar-refractivity contribution in [3.8, 4) is 11.5 Å². The number of benzene rings is 4. The SMILES string of the molecule is CC(C)(C)C1C/C(=C/c2ccc(OCc3ccccc3)cc2)C(=O)/C(=C/c2ccc(OCc3ccccc3)cc2)C1. The molecule has 1 aliphatic rings. The maximum absolute atomic E-state index is 13.7. The molecule has 0 spiro atoms. The van der Waals surface area contributed by atoms with E-state index < -0.39 is 0 Å². The summed E-state index contributed by atoms with van der Waals surface area (Å²) in [6.07, 6.45) is 5.65. The number of hydrogen-bond acceptors (Lipinski definition) is 3. The van der Waals surface area contributed by atoms with Crippen LogP contribution in [0.3, 0.4) is 0 Å². The molecule has 208 valence electrons. The highest BCUT2D eigenvalue weighted by molar-refractivity contribution is 6.14. The van der Waals surface area contributed by atoms with Crippen molar-refractivity contribution in [1.29, 1.82) is 0 Å². The zero-order valence-corrected chi connectivity index (χ0v) is 24.2. The van der Waals surface area contributed by atoms with Crippen LogP contribution >= 0.6 is 0 Å². The fraction of sp³-hybridized carbons (Fsp3) is 0.237. The minimum Gasteiger partial charge on any atom is -0.489 e. The van der Waals surface area contributed by atoms with Crippen molar-refractivity contribution in [2.45, 2.75) is 46.8 Å². The topological polar surface area (TPSA) is 35.5 Å². The smallest absolute Gasteiger partial charge is 0.185 e. The molecule has 1 unspecified atom stereocenters. The summed E-state index contributed by atoms with van der Waals surface area (Å²) in [6, 6.07) is 36.3. The molecule has 0 heterocycles. The number of allylic oxidation sites excluding steroid dienone is 2. The molecule has 1 fully saturated rings. The van der Waals surface area contributed by atoms with E-state index in [1.54, 1.807) is 0 Å². The summed E-state index contributed by atoms with van der Waals surface area (Å²) in [6.45, 7) is 7.85. The zero-order valence-electron chi connectivity index (χ0n) is 24.2. The molecular formula is C38H38O3. The molecule has 0 saturated heterocycles. The van der Waals surface area contributed by atoms with Gasteiger partial charge in [0.05, 0.1) is 0 Å². The fourth-order valence-electron chi connectivity index (χ4n) is 5.06. The van der Waals surface area contributed by atoms with Gasteiger partial charge in [0.15, 0.2) is 5.78 Å². The van der Waals surface area contributed by atoms with E-state index in [1.165, 1.54) is 0 Å². The second-order valence-corrected chi connectivity index (χ2v) is 11.8. The second kappa shape index (κ2) is 12.9. The van der Waals surface area contributed by atoms with Crippen LogP contribution in [0.4, 0.5) is 0 Å². The van der Waals surface area contributed by atoms with Gasteiger partial charge >= 0.3 is 0 Å². The Labute approximate surface area is 244 Å². The number of ether oxygens (including phenoxy) is 2. The predicted octanol–water partition coefficient (Wildman–Crippen LogP) is 9.34. The lowest BCUT2D eigenvalue weighted by molar-refractivity contribution is -0.113. The Balaban J connectivity index is 1.30. The van der Waals surface area contributed by atoms with Crippen LogP contribution in [0, 0.1) is 11.3 Å². The largest absolute Gasteiger partial charge is 0.489 e. The Kier molecular flexibility index (Phi) is 8.84. The summed E-state index contributed by atoms with van der Waals surface area (Å²) < 4.78 is 11.9. The van der Waals surface area contributed by atoms with E-state index in [9.17, 15) is 4.79 Å². The van der Waals surface area contributed by atoms with Crippen molar-refractivity contribution < 1.29 is 14.3 Å². The van der Waals surface area contributed by atoms with Gasteiger partial charge in [-0.1, -0.05) is 106 Å². The van der Waals surface area contributed by atoms with E-state index in [0.29, 0.717) is 19.1 Å². The Bertz CT molecular complexity index is 1380. The van der Waals surface area contributed by atoms with Gasteiger partial charge in [-0.15, -0.1) is 0 Å². The normalized spacial score (nSPS) is 17.5. The molecular weight excluding hydrogens is 504 g/mol. The van der Waals surface area contributed by atoms with Gasteiger partial charge in [0.1, 0.15) is 24.7 Å². The number of hydrogen-bond donors (Lipinski definition) is 0. The van der Waals surface area contributed by atoms with Gasteiger partial charge in [-0.25, -0.2) is 0 Å². The van der Waals surface area contributed by atoms with E-state index in [2.05, 4.69) is 57.2 Å². The molecule has 3 heteroatoms. The van der Waals surface area contributed by atoms with E-state index in [-0.39, 0.29) is 11.2 Å². The molecule has 1 aliphatic carbocycles. The molecule has 4 aromatic rings. The molecule has 5 rings (SSSR count). The van der Waals surface area contributed by atoms with Gasteiger partial charge < -0.3 is 9.47 Å². The molecule has 0 N–H and O–H groups in total. The second-order valence-electron chi connectivity index (χ2n) is 11.8. The molecule has 41 heavy (non-hydrogen) atoms. The molecule has 4 aromatic carbocycles. The fourth-order valence-corrected chi connectivity index (χ4v) is 5.06. The molecule has 1 atom stereocenters. The number of rotatable bonds is 8. The summed E-state index contributed by atoms with van der Waals surface area (Å²) >= 11 is 0. The first-order chi connectivity index (χ1) is 19.8. The van der Waals surface area contributed by atoms with Crippen LogP contribution in [-0.2, 0) is 18.0 Å². The van der Waals surface area contributed by atoms with Crippen LogP contribution in [0.5, 0.6) is 11.5 Å². The summed E-state index contributed by atoms with van der Waals surface area (Å²) in [5.41, 5.74) is 6.10. The van der Waals surface area contributed by atoms with Crippen LogP contribution in [0.1, 0.15) is 55.9 Å². The zero-order chi connectivity index (χ0) is 28.7. The molecule has 0 bridgehead atoms. The standard InChI is InChI=1S/C38H38O3/c1-38(2,3)34-24-32(22-28-14-18-35(19-15-28)40-26-30-10-6-4-7-11-30)37(39)33(25-34)23-29-16-20-36(21-17-29)41-27-31-12-8-5-9-13-31/h4-23,34H,24-27H2,1-3H3/b32-22-,33-23+. The molecule has 0 aliphatic heterocycles. The third kappa shape index (κ3) is 7.85. The van der Waals surface area contributed by atoms with Crippen molar-refractivity contribution in [2.24, 2.45) is 11.3 Å². The van der Waals surface area contributed by atoms with Crippen molar-refractivity contribution in [2.75, 3.05) is 0 Å². The lowest BCUT2D eigenvalue weighted by atomic mass is 9.68. The molecule has 0 radical (unpaired) electrons. The third-order valence-electron chi connectivity index (χ3n) is 7.68. The van der Waals surface area contributed by atoms with Crippen LogP contribution < -0.4 is 9.47 Å². The van der Waals surface area contributed by atoms with Crippen LogP contribution in [0.25, 0.3) is 12.2 Å². The molecule has 0 amide bonds. The highest BCUT2D eigenvalue weighted by Crippen LogP contribution is 2.42. The van der Waals surface area contributed by atoms with Crippen LogP contribution in [0.15, 0.2) is 120 Å². The third-order valence-corrected chi connectivity index (χ3v) is 7.68. The maximum Gasteiger partial charge on any atom is 0.185 e. The summed E-state index contributed by atoms with van der Waals surface area (Å²) in [5, 5.41) is 0. The van der Waals surface area contributed by atoms with E-state index >= 15 is 0 Å². The molecule has 1 saturated carbocycles. The number of ketones is 1. The Hall–Kier alpha value is -4.37. The summed E-state index contributed by atoms with van der Waals surface area (Å²) in [7, 11) is 0. The Morgan fingerprint density at radius 1 is 0.610 bits per heavy atom. The first-order valence-corrected chi connectivity index (χ1v) is 14.3. The Morgan fingerprint density at radius 3 is 1.37 bits per heavy atom. The Morgan fingerprint density at radius 2 is 1.00 bits per heavy atom. The van der Waals surface area contributed by atoms with E-state index in [0.717, 1.165) is 57.7 Å². The van der Waals surface area contributed by atoms with Gasteiger partial charge in [0.2, 0.25) is 0 Å². The molecule has 0 aromatic heterocycles. The van der Waals surface area contributed by atoms with Crippen molar-refractivity contribution in [1.82, 2.24) is 0 Å². The number of Topliss-reactive ketones (excluding diaryl/α,β-unsaturated/α-hetero) is 1. The maximum atomic E-state index is 13.7. The monoisotopic (exact) mass is 542 g/mol.